The maximum absolute atomic E-state index is 13.5. The van der Waals surface area contributed by atoms with E-state index in [1.54, 1.807) is 6.07 Å². The first-order valence-electron chi connectivity index (χ1n) is 12.0. The number of amides is 2. The number of rotatable bonds is 6. The summed E-state index contributed by atoms with van der Waals surface area (Å²) in [5, 5.41) is 12.0. The van der Waals surface area contributed by atoms with Crippen molar-refractivity contribution in [3.05, 3.63) is 29.3 Å². The van der Waals surface area contributed by atoms with Crippen LogP contribution >= 0.6 is 0 Å². The molecule has 2 saturated heterocycles. The highest BCUT2D eigenvalue weighted by atomic mass is 19.4. The summed E-state index contributed by atoms with van der Waals surface area (Å²) in [4.78, 5) is 29.0. The zero-order valence-electron chi connectivity index (χ0n) is 20.0. The molecule has 1 aromatic rings. The molecular weight excluding hydrogens is 445 g/mol. The van der Waals surface area contributed by atoms with Gasteiger partial charge in [0.1, 0.15) is 0 Å². The van der Waals surface area contributed by atoms with Gasteiger partial charge in [0.15, 0.2) is 0 Å². The van der Waals surface area contributed by atoms with Gasteiger partial charge in [-0.15, -0.1) is 0 Å². The fourth-order valence-corrected chi connectivity index (χ4v) is 5.22. The minimum Gasteiger partial charge on any atom is -0.370 e. The van der Waals surface area contributed by atoms with Crippen LogP contribution in [-0.2, 0) is 15.8 Å². The minimum atomic E-state index is -4.63. The first-order valence-corrected chi connectivity index (χ1v) is 12.0. The predicted octanol–water partition coefficient (Wildman–Crippen LogP) is 4.05. The van der Waals surface area contributed by atoms with Crippen LogP contribution in [0.25, 0.3) is 0 Å². The van der Waals surface area contributed by atoms with E-state index >= 15 is 0 Å². The van der Waals surface area contributed by atoms with E-state index in [1.807, 2.05) is 30.6 Å². The number of nitrogens with zero attached hydrogens (tertiary/aromatic N) is 3. The van der Waals surface area contributed by atoms with Gasteiger partial charge >= 0.3 is 6.18 Å². The van der Waals surface area contributed by atoms with Crippen LogP contribution < -0.4 is 10.2 Å². The van der Waals surface area contributed by atoms with Gasteiger partial charge < -0.3 is 15.1 Å². The summed E-state index contributed by atoms with van der Waals surface area (Å²) in [6, 6.07) is 5.36. The molecule has 0 aliphatic carbocycles. The monoisotopic (exact) mass is 478 g/mol. The van der Waals surface area contributed by atoms with Gasteiger partial charge in [0.2, 0.25) is 11.8 Å². The molecule has 2 atom stereocenters. The van der Waals surface area contributed by atoms with E-state index in [4.69, 9.17) is 5.26 Å². The molecule has 1 aromatic carbocycles. The molecule has 1 N–H and O–H groups in total. The van der Waals surface area contributed by atoms with Crippen LogP contribution in [0.3, 0.4) is 0 Å². The smallest absolute Gasteiger partial charge is 0.370 e. The molecular formula is C25H33F3N4O2. The van der Waals surface area contributed by atoms with Crippen LogP contribution in [0.15, 0.2) is 18.2 Å². The lowest BCUT2D eigenvalue weighted by Crippen LogP contribution is -2.43. The molecule has 0 aromatic heterocycles. The van der Waals surface area contributed by atoms with E-state index in [0.29, 0.717) is 50.7 Å². The summed E-state index contributed by atoms with van der Waals surface area (Å²) in [6.07, 6.45) is -2.56. The van der Waals surface area contributed by atoms with Crippen LogP contribution in [0.4, 0.5) is 18.9 Å². The van der Waals surface area contributed by atoms with E-state index in [9.17, 15) is 22.8 Å². The summed E-state index contributed by atoms with van der Waals surface area (Å²) in [7, 11) is 0. The minimum absolute atomic E-state index is 0.0149. The quantitative estimate of drug-likeness (QED) is 0.669. The number of carbonyl (C=O) groups excluding carboxylic acids is 2. The third-order valence-electron chi connectivity index (χ3n) is 6.93. The number of likely N-dealkylation sites (tertiary alicyclic amines) is 1. The van der Waals surface area contributed by atoms with E-state index in [0.717, 1.165) is 18.9 Å². The Balaban J connectivity index is 1.79. The maximum atomic E-state index is 13.5. The second-order valence-corrected chi connectivity index (χ2v) is 9.73. The van der Waals surface area contributed by atoms with Gasteiger partial charge in [-0.25, -0.2) is 0 Å². The van der Waals surface area contributed by atoms with E-state index in [-0.39, 0.29) is 29.6 Å². The molecule has 2 amide bonds. The molecule has 3 rings (SSSR count). The summed E-state index contributed by atoms with van der Waals surface area (Å²) < 4.78 is 40.5. The van der Waals surface area contributed by atoms with Crippen LogP contribution in [0.2, 0.25) is 0 Å². The molecule has 2 heterocycles. The number of hydrogen-bond acceptors (Lipinski definition) is 4. The molecule has 0 unspecified atom stereocenters. The molecule has 6 nitrogen and oxygen atoms in total. The second-order valence-electron chi connectivity index (χ2n) is 9.73. The maximum Gasteiger partial charge on any atom is 0.417 e. The van der Waals surface area contributed by atoms with E-state index < -0.39 is 17.3 Å². The number of benzene rings is 1. The van der Waals surface area contributed by atoms with Crippen LogP contribution in [0, 0.1) is 35.0 Å². The lowest BCUT2D eigenvalue weighted by atomic mass is 9.78. The van der Waals surface area contributed by atoms with Crippen molar-refractivity contribution in [1.29, 1.82) is 5.26 Å². The van der Waals surface area contributed by atoms with Crippen LogP contribution in [0.5, 0.6) is 0 Å². The third-order valence-corrected chi connectivity index (χ3v) is 6.93. The van der Waals surface area contributed by atoms with Crippen molar-refractivity contribution >= 4 is 17.5 Å². The Morgan fingerprint density at radius 2 is 1.88 bits per heavy atom. The normalized spacial score (nSPS) is 21.6. The van der Waals surface area contributed by atoms with Gasteiger partial charge in [0.25, 0.3) is 0 Å². The number of alkyl halides is 3. The first-order chi connectivity index (χ1) is 16.0. The van der Waals surface area contributed by atoms with E-state index in [2.05, 4.69) is 5.32 Å². The Morgan fingerprint density at radius 1 is 1.21 bits per heavy atom. The highest BCUT2D eigenvalue weighted by Gasteiger charge is 2.43. The number of hydrogen-bond donors (Lipinski definition) is 1. The first kappa shape index (κ1) is 25.9. The van der Waals surface area contributed by atoms with Gasteiger partial charge in [0.05, 0.1) is 23.1 Å². The molecule has 2 fully saturated rings. The van der Waals surface area contributed by atoms with Crippen molar-refractivity contribution in [2.24, 2.45) is 23.7 Å². The van der Waals surface area contributed by atoms with Crippen molar-refractivity contribution in [1.82, 2.24) is 10.2 Å². The number of nitriles is 1. The third kappa shape index (κ3) is 5.83. The Morgan fingerprint density at radius 3 is 2.44 bits per heavy atom. The Kier molecular flexibility index (Phi) is 8.11. The molecule has 0 radical (unpaired) electrons. The fraction of sp³-hybridized carbons (Fsp3) is 0.640. The van der Waals surface area contributed by atoms with Crippen molar-refractivity contribution in [3.63, 3.8) is 0 Å². The average Bonchev–Trinajstić information content (AvgIpc) is 3.23. The summed E-state index contributed by atoms with van der Waals surface area (Å²) in [5.41, 5.74) is -0.999. The number of halogens is 3. The largest absolute Gasteiger partial charge is 0.417 e. The number of anilines is 1. The topological polar surface area (TPSA) is 76.4 Å². The zero-order valence-corrected chi connectivity index (χ0v) is 20.0. The van der Waals surface area contributed by atoms with Gasteiger partial charge in [0, 0.05) is 44.8 Å². The van der Waals surface area contributed by atoms with Crippen LogP contribution in [0.1, 0.15) is 51.2 Å². The molecule has 0 saturated carbocycles. The van der Waals surface area contributed by atoms with Crippen molar-refractivity contribution in [3.8, 4) is 6.07 Å². The molecule has 0 bridgehead atoms. The van der Waals surface area contributed by atoms with Gasteiger partial charge in [-0.1, -0.05) is 13.8 Å². The highest BCUT2D eigenvalue weighted by Crippen LogP contribution is 2.40. The molecule has 0 spiro atoms. The number of carbonyl (C=O) groups is 2. The molecule has 9 heteroatoms. The SMILES string of the molecule is CCNC(=O)[C@@H]1CN(c2ccc(C#N)c(C(F)(F)F)c2)C[C@H]1C1CCN(C(=O)CC(C)C)CC1. The standard InChI is InChI=1S/C25H33F3N4O2/c1-4-30-24(34)21-15-32(19-6-5-18(13-29)22(12-19)25(26,27)28)14-20(21)17-7-9-31(10-8-17)23(33)11-16(2)3/h5-6,12,16-17,20-21H,4,7-11,14-15H2,1-3H3,(H,30,34)/t20-,21+/m0/s1. The second kappa shape index (κ2) is 10.7. The van der Waals surface area contributed by atoms with Crippen LogP contribution in [-0.4, -0.2) is 49.4 Å². The molecule has 2 aliphatic heterocycles. The lowest BCUT2D eigenvalue weighted by Gasteiger charge is -2.36. The highest BCUT2D eigenvalue weighted by molar-refractivity contribution is 5.80. The number of nitrogens with one attached hydrogen (secondary N) is 1. The van der Waals surface area contributed by atoms with Crippen molar-refractivity contribution < 1.29 is 22.8 Å². The predicted molar refractivity (Wildman–Crippen MR) is 123 cm³/mol. The van der Waals surface area contributed by atoms with E-state index in [1.165, 1.54) is 12.1 Å². The zero-order chi connectivity index (χ0) is 25.0. The molecule has 34 heavy (non-hydrogen) atoms. The summed E-state index contributed by atoms with van der Waals surface area (Å²) in [6.45, 7) is 8.44. The summed E-state index contributed by atoms with van der Waals surface area (Å²) in [5.74, 6) is 0.217. The van der Waals surface area contributed by atoms with Gasteiger partial charge in [-0.2, -0.15) is 18.4 Å². The Labute approximate surface area is 199 Å². The summed E-state index contributed by atoms with van der Waals surface area (Å²) >= 11 is 0. The Bertz CT molecular complexity index is 933. The lowest BCUT2D eigenvalue weighted by molar-refractivity contribution is -0.137. The van der Waals surface area contributed by atoms with Crippen molar-refractivity contribution in [2.45, 2.75) is 46.2 Å². The van der Waals surface area contributed by atoms with Gasteiger partial charge in [-0.05, 0) is 55.7 Å². The molecule has 2 aliphatic rings. The average molecular weight is 479 g/mol. The fourth-order valence-electron chi connectivity index (χ4n) is 5.22. The van der Waals surface area contributed by atoms with Gasteiger partial charge in [-0.3, -0.25) is 9.59 Å². The molecule has 186 valence electrons. The van der Waals surface area contributed by atoms with Crippen molar-refractivity contribution in [2.75, 3.05) is 37.6 Å². The number of piperidine rings is 1. The Hall–Kier alpha value is -2.76.